The maximum Gasteiger partial charge on any atom is 0.326 e. The highest BCUT2D eigenvalue weighted by atomic mass is 32.1. The second-order valence-corrected chi connectivity index (χ2v) is 5.05. The van der Waals surface area contributed by atoms with Crippen LogP contribution in [0.5, 0.6) is 0 Å². The van der Waals surface area contributed by atoms with Gasteiger partial charge >= 0.3 is 5.97 Å². The monoisotopic (exact) mass is 271 g/mol. The van der Waals surface area contributed by atoms with Gasteiger partial charge in [-0.3, -0.25) is 4.79 Å². The Labute approximate surface area is 110 Å². The molecule has 0 fully saturated rings. The zero-order valence-electron chi connectivity index (χ0n) is 10.6. The molecule has 1 amide bonds. The molecule has 6 nitrogen and oxygen atoms in total. The molecule has 0 aliphatic heterocycles. The zero-order chi connectivity index (χ0) is 13.7. The van der Waals surface area contributed by atoms with Crippen LogP contribution in [-0.2, 0) is 4.79 Å². The number of hydrogen-bond donors (Lipinski definition) is 2. The SMILES string of the molecule is CCCC(NC(=O)c1snnc1C(C)C)C(=O)O. The van der Waals surface area contributed by atoms with Crippen LogP contribution in [0.25, 0.3) is 0 Å². The number of carboxylic acid groups (broad SMARTS) is 1. The summed E-state index contributed by atoms with van der Waals surface area (Å²) in [6.07, 6.45) is 1.10. The molecule has 1 rings (SSSR count). The van der Waals surface area contributed by atoms with E-state index >= 15 is 0 Å². The lowest BCUT2D eigenvalue weighted by atomic mass is 10.1. The van der Waals surface area contributed by atoms with Crippen molar-refractivity contribution in [1.82, 2.24) is 14.9 Å². The van der Waals surface area contributed by atoms with E-state index in [1.165, 1.54) is 0 Å². The number of carboxylic acids is 1. The van der Waals surface area contributed by atoms with Crippen molar-refractivity contribution in [3.63, 3.8) is 0 Å². The highest BCUT2D eigenvalue weighted by Crippen LogP contribution is 2.19. The Morgan fingerprint density at radius 3 is 2.61 bits per heavy atom. The predicted octanol–water partition coefficient (Wildman–Crippen LogP) is 1.64. The van der Waals surface area contributed by atoms with E-state index in [2.05, 4.69) is 14.9 Å². The van der Waals surface area contributed by atoms with Gasteiger partial charge in [0.05, 0.1) is 5.69 Å². The third-order valence-electron chi connectivity index (χ3n) is 2.45. The Hall–Kier alpha value is -1.50. The highest BCUT2D eigenvalue weighted by molar-refractivity contribution is 7.08. The summed E-state index contributed by atoms with van der Waals surface area (Å²) in [5.41, 5.74) is 0.609. The van der Waals surface area contributed by atoms with Gasteiger partial charge in [-0.1, -0.05) is 31.7 Å². The Morgan fingerprint density at radius 1 is 1.44 bits per heavy atom. The quantitative estimate of drug-likeness (QED) is 0.820. The summed E-state index contributed by atoms with van der Waals surface area (Å²) in [5, 5.41) is 15.4. The number of aliphatic carboxylic acids is 1. The Kier molecular flexibility index (Phi) is 5.21. The van der Waals surface area contributed by atoms with Crippen molar-refractivity contribution in [2.75, 3.05) is 0 Å². The van der Waals surface area contributed by atoms with Gasteiger partial charge in [0.15, 0.2) is 0 Å². The van der Waals surface area contributed by atoms with Crippen molar-refractivity contribution in [3.05, 3.63) is 10.6 Å². The normalized spacial score (nSPS) is 12.4. The van der Waals surface area contributed by atoms with Crippen molar-refractivity contribution in [3.8, 4) is 0 Å². The number of nitrogens with one attached hydrogen (secondary N) is 1. The van der Waals surface area contributed by atoms with Crippen LogP contribution in [0.4, 0.5) is 0 Å². The molecule has 1 heterocycles. The Morgan fingerprint density at radius 2 is 2.11 bits per heavy atom. The van der Waals surface area contributed by atoms with Crippen LogP contribution in [0.15, 0.2) is 0 Å². The maximum atomic E-state index is 12.0. The molecule has 0 aliphatic carbocycles. The molecule has 7 heteroatoms. The van der Waals surface area contributed by atoms with Gasteiger partial charge < -0.3 is 10.4 Å². The van der Waals surface area contributed by atoms with Crippen LogP contribution in [-0.4, -0.2) is 32.6 Å². The number of hydrogen-bond acceptors (Lipinski definition) is 5. The molecular formula is C11H17N3O3S. The standard InChI is InChI=1S/C11H17N3O3S/c1-4-5-7(11(16)17)12-10(15)9-8(6(2)3)13-14-18-9/h6-7H,4-5H2,1-3H3,(H,12,15)(H,16,17). The fraction of sp³-hybridized carbons (Fsp3) is 0.636. The number of amides is 1. The lowest BCUT2D eigenvalue weighted by Crippen LogP contribution is -2.40. The summed E-state index contributed by atoms with van der Waals surface area (Å²) in [5.74, 6) is -1.35. The third kappa shape index (κ3) is 3.49. The van der Waals surface area contributed by atoms with E-state index in [0.29, 0.717) is 23.4 Å². The first-order valence-electron chi connectivity index (χ1n) is 5.83. The minimum atomic E-state index is -1.02. The first-order chi connectivity index (χ1) is 8.47. The lowest BCUT2D eigenvalue weighted by molar-refractivity contribution is -0.139. The molecule has 0 saturated heterocycles. The van der Waals surface area contributed by atoms with E-state index in [1.807, 2.05) is 20.8 Å². The summed E-state index contributed by atoms with van der Waals surface area (Å²) in [6, 6.07) is -0.857. The van der Waals surface area contributed by atoms with E-state index in [1.54, 1.807) is 0 Å². The van der Waals surface area contributed by atoms with E-state index in [9.17, 15) is 9.59 Å². The van der Waals surface area contributed by atoms with Gasteiger partial charge in [-0.2, -0.15) is 0 Å². The number of rotatable bonds is 6. The number of carbonyl (C=O) groups is 2. The molecule has 0 saturated carbocycles. The van der Waals surface area contributed by atoms with Crippen molar-refractivity contribution in [2.45, 2.75) is 45.6 Å². The zero-order valence-corrected chi connectivity index (χ0v) is 11.5. The Bertz CT molecular complexity index is 431. The van der Waals surface area contributed by atoms with E-state index < -0.39 is 17.9 Å². The van der Waals surface area contributed by atoms with Gasteiger partial charge in [0.1, 0.15) is 10.9 Å². The molecule has 2 N–H and O–H groups in total. The molecule has 0 bridgehead atoms. The smallest absolute Gasteiger partial charge is 0.326 e. The largest absolute Gasteiger partial charge is 0.480 e. The molecule has 0 radical (unpaired) electrons. The van der Waals surface area contributed by atoms with Crippen LogP contribution in [0.1, 0.15) is 54.9 Å². The van der Waals surface area contributed by atoms with Gasteiger partial charge in [-0.15, -0.1) is 5.10 Å². The van der Waals surface area contributed by atoms with Gasteiger partial charge in [0.25, 0.3) is 5.91 Å². The lowest BCUT2D eigenvalue weighted by Gasteiger charge is -2.13. The third-order valence-corrected chi connectivity index (χ3v) is 3.19. The summed E-state index contributed by atoms with van der Waals surface area (Å²) in [6.45, 7) is 5.69. The number of carbonyl (C=O) groups excluding carboxylic acids is 1. The van der Waals surface area contributed by atoms with Crippen molar-refractivity contribution < 1.29 is 14.7 Å². The molecule has 0 spiro atoms. The minimum absolute atomic E-state index is 0.0824. The average Bonchev–Trinajstić information content (AvgIpc) is 2.77. The summed E-state index contributed by atoms with van der Waals surface area (Å²) < 4.78 is 3.75. The van der Waals surface area contributed by atoms with Crippen LogP contribution in [0.3, 0.4) is 0 Å². The molecule has 1 unspecified atom stereocenters. The topological polar surface area (TPSA) is 92.2 Å². The molecule has 1 atom stereocenters. The average molecular weight is 271 g/mol. The molecule has 18 heavy (non-hydrogen) atoms. The van der Waals surface area contributed by atoms with Crippen molar-refractivity contribution >= 4 is 23.4 Å². The van der Waals surface area contributed by atoms with Gasteiger partial charge in [-0.25, -0.2) is 4.79 Å². The molecule has 0 aliphatic rings. The summed E-state index contributed by atoms with van der Waals surface area (Å²) in [4.78, 5) is 23.3. The summed E-state index contributed by atoms with van der Waals surface area (Å²) >= 11 is 0.992. The highest BCUT2D eigenvalue weighted by Gasteiger charge is 2.24. The van der Waals surface area contributed by atoms with E-state index in [0.717, 1.165) is 11.5 Å². The first-order valence-corrected chi connectivity index (χ1v) is 6.60. The second kappa shape index (κ2) is 6.44. The number of nitrogens with zero attached hydrogens (tertiary/aromatic N) is 2. The molecular weight excluding hydrogens is 254 g/mol. The van der Waals surface area contributed by atoms with Crippen LogP contribution in [0.2, 0.25) is 0 Å². The van der Waals surface area contributed by atoms with Crippen molar-refractivity contribution in [2.24, 2.45) is 0 Å². The van der Waals surface area contributed by atoms with Gasteiger partial charge in [-0.05, 0) is 23.9 Å². The number of aromatic nitrogens is 2. The van der Waals surface area contributed by atoms with Gasteiger partial charge in [0.2, 0.25) is 0 Å². The fourth-order valence-electron chi connectivity index (χ4n) is 1.50. The Balaban J connectivity index is 2.80. The molecule has 1 aromatic heterocycles. The maximum absolute atomic E-state index is 12.0. The van der Waals surface area contributed by atoms with E-state index in [-0.39, 0.29) is 5.92 Å². The minimum Gasteiger partial charge on any atom is -0.480 e. The first kappa shape index (κ1) is 14.6. The predicted molar refractivity (Wildman–Crippen MR) is 67.8 cm³/mol. The molecule has 100 valence electrons. The second-order valence-electron chi connectivity index (χ2n) is 4.29. The molecule has 0 aromatic carbocycles. The van der Waals surface area contributed by atoms with Crippen molar-refractivity contribution in [1.29, 1.82) is 0 Å². The van der Waals surface area contributed by atoms with E-state index in [4.69, 9.17) is 5.11 Å². The summed E-state index contributed by atoms with van der Waals surface area (Å²) in [7, 11) is 0. The van der Waals surface area contributed by atoms with Crippen LogP contribution >= 0.6 is 11.5 Å². The molecule has 1 aromatic rings. The van der Waals surface area contributed by atoms with Crippen LogP contribution in [0, 0.1) is 0 Å². The van der Waals surface area contributed by atoms with Crippen LogP contribution < -0.4 is 5.32 Å². The fourth-order valence-corrected chi connectivity index (χ4v) is 2.23. The van der Waals surface area contributed by atoms with Gasteiger partial charge in [0, 0.05) is 0 Å².